The third-order valence-electron chi connectivity index (χ3n) is 2.69. The number of nitrogens with two attached hydrogens (primary N) is 1. The first kappa shape index (κ1) is 14.3. The molecule has 1 unspecified atom stereocenters. The Morgan fingerprint density at radius 2 is 2.12 bits per heavy atom. The summed E-state index contributed by atoms with van der Waals surface area (Å²) in [5.74, 6) is 1.04. The molecule has 3 heteroatoms. The number of nitrogens with one attached hydrogen (secondary N) is 1. The normalized spacial score (nSPS) is 13.9. The summed E-state index contributed by atoms with van der Waals surface area (Å²) in [6, 6.07) is 4.23. The van der Waals surface area contributed by atoms with E-state index in [1.54, 1.807) is 6.26 Å². The Morgan fingerprint density at radius 3 is 2.71 bits per heavy atom. The lowest BCUT2D eigenvalue weighted by atomic mass is 9.87. The second-order valence-electron chi connectivity index (χ2n) is 5.89. The standard InChI is InChI=1S/C14H26N2O/c1-14(2,3)11-12(15)6-8-16-9-7-13-5-4-10-17-13/h4-5,10,12,16H,6-9,11,15H2,1-3H3. The number of rotatable bonds is 7. The van der Waals surface area contributed by atoms with Crippen LogP contribution in [0.1, 0.15) is 39.4 Å². The van der Waals surface area contributed by atoms with Crippen molar-refractivity contribution in [1.82, 2.24) is 5.32 Å². The molecule has 1 aromatic heterocycles. The SMILES string of the molecule is CC(C)(C)CC(N)CCNCCc1ccco1. The van der Waals surface area contributed by atoms with E-state index in [9.17, 15) is 0 Å². The lowest BCUT2D eigenvalue weighted by Gasteiger charge is -2.23. The van der Waals surface area contributed by atoms with E-state index in [1.807, 2.05) is 12.1 Å². The average Bonchev–Trinajstić information content (AvgIpc) is 2.67. The molecule has 1 rings (SSSR count). The van der Waals surface area contributed by atoms with Crippen molar-refractivity contribution in [3.8, 4) is 0 Å². The molecule has 3 nitrogen and oxygen atoms in total. The van der Waals surface area contributed by atoms with Gasteiger partial charge in [0, 0.05) is 19.0 Å². The Balaban J connectivity index is 2.00. The van der Waals surface area contributed by atoms with Crippen LogP contribution in [0.25, 0.3) is 0 Å². The van der Waals surface area contributed by atoms with Gasteiger partial charge in [-0.1, -0.05) is 20.8 Å². The monoisotopic (exact) mass is 238 g/mol. The number of hydrogen-bond acceptors (Lipinski definition) is 3. The van der Waals surface area contributed by atoms with Crippen LogP contribution < -0.4 is 11.1 Å². The highest BCUT2D eigenvalue weighted by molar-refractivity contribution is 4.98. The zero-order valence-corrected chi connectivity index (χ0v) is 11.3. The van der Waals surface area contributed by atoms with Gasteiger partial charge in [0.05, 0.1) is 6.26 Å². The van der Waals surface area contributed by atoms with Crippen LogP contribution in [-0.2, 0) is 6.42 Å². The first-order valence-electron chi connectivity index (χ1n) is 6.46. The summed E-state index contributed by atoms with van der Waals surface area (Å²) in [6.45, 7) is 8.64. The van der Waals surface area contributed by atoms with Crippen molar-refractivity contribution in [3.63, 3.8) is 0 Å². The van der Waals surface area contributed by atoms with Crippen molar-refractivity contribution in [2.24, 2.45) is 11.1 Å². The molecule has 1 aromatic rings. The summed E-state index contributed by atoms with van der Waals surface area (Å²) in [6.07, 6.45) is 4.78. The lowest BCUT2D eigenvalue weighted by molar-refractivity contribution is 0.329. The van der Waals surface area contributed by atoms with Crippen LogP contribution in [0.4, 0.5) is 0 Å². The Hall–Kier alpha value is -0.800. The van der Waals surface area contributed by atoms with Crippen molar-refractivity contribution in [1.29, 1.82) is 0 Å². The summed E-state index contributed by atoms with van der Waals surface area (Å²) < 4.78 is 5.26. The molecule has 0 aliphatic heterocycles. The largest absolute Gasteiger partial charge is 0.469 e. The summed E-state index contributed by atoms with van der Waals surface area (Å²) in [7, 11) is 0. The minimum absolute atomic E-state index is 0.297. The molecule has 1 heterocycles. The molecule has 98 valence electrons. The molecule has 0 bridgehead atoms. The van der Waals surface area contributed by atoms with Gasteiger partial charge in [-0.05, 0) is 36.9 Å². The Labute approximate surface area is 105 Å². The minimum atomic E-state index is 0.297. The lowest BCUT2D eigenvalue weighted by Crippen LogP contribution is -2.31. The van der Waals surface area contributed by atoms with E-state index in [4.69, 9.17) is 10.2 Å². The zero-order valence-electron chi connectivity index (χ0n) is 11.3. The zero-order chi connectivity index (χ0) is 12.7. The van der Waals surface area contributed by atoms with Crippen LogP contribution in [0.5, 0.6) is 0 Å². The van der Waals surface area contributed by atoms with Crippen molar-refractivity contribution in [2.45, 2.75) is 46.1 Å². The van der Waals surface area contributed by atoms with E-state index >= 15 is 0 Å². The van der Waals surface area contributed by atoms with Gasteiger partial charge in [0.2, 0.25) is 0 Å². The Kier molecular flexibility index (Phi) is 5.72. The molecule has 0 aromatic carbocycles. The highest BCUT2D eigenvalue weighted by Crippen LogP contribution is 2.20. The Morgan fingerprint density at radius 1 is 1.35 bits per heavy atom. The molecule has 17 heavy (non-hydrogen) atoms. The maximum atomic E-state index is 6.08. The van der Waals surface area contributed by atoms with Gasteiger partial charge in [-0.2, -0.15) is 0 Å². The van der Waals surface area contributed by atoms with Gasteiger partial charge in [0.1, 0.15) is 5.76 Å². The first-order chi connectivity index (χ1) is 7.97. The number of furan rings is 1. The molecular formula is C14H26N2O. The van der Waals surface area contributed by atoms with E-state index in [-0.39, 0.29) is 0 Å². The van der Waals surface area contributed by atoms with Crippen molar-refractivity contribution in [2.75, 3.05) is 13.1 Å². The molecular weight excluding hydrogens is 212 g/mol. The topological polar surface area (TPSA) is 51.2 Å². The van der Waals surface area contributed by atoms with E-state index in [2.05, 4.69) is 26.1 Å². The van der Waals surface area contributed by atoms with Crippen LogP contribution in [0.2, 0.25) is 0 Å². The van der Waals surface area contributed by atoms with E-state index < -0.39 is 0 Å². The van der Waals surface area contributed by atoms with Gasteiger partial charge >= 0.3 is 0 Å². The van der Waals surface area contributed by atoms with Crippen LogP contribution in [0.15, 0.2) is 22.8 Å². The molecule has 0 radical (unpaired) electrons. The van der Waals surface area contributed by atoms with Crippen LogP contribution >= 0.6 is 0 Å². The third kappa shape index (κ3) is 7.18. The summed E-state index contributed by atoms with van der Waals surface area (Å²) >= 11 is 0. The second-order valence-corrected chi connectivity index (χ2v) is 5.89. The predicted molar refractivity (Wildman–Crippen MR) is 71.9 cm³/mol. The van der Waals surface area contributed by atoms with E-state index in [0.717, 1.165) is 38.1 Å². The second kappa shape index (κ2) is 6.82. The number of hydrogen-bond donors (Lipinski definition) is 2. The minimum Gasteiger partial charge on any atom is -0.469 e. The molecule has 0 fully saturated rings. The van der Waals surface area contributed by atoms with Gasteiger partial charge in [0.15, 0.2) is 0 Å². The average molecular weight is 238 g/mol. The maximum Gasteiger partial charge on any atom is 0.105 e. The molecule has 0 amide bonds. The van der Waals surface area contributed by atoms with Crippen molar-refractivity contribution < 1.29 is 4.42 Å². The third-order valence-corrected chi connectivity index (χ3v) is 2.69. The fourth-order valence-corrected chi connectivity index (χ4v) is 1.97. The first-order valence-corrected chi connectivity index (χ1v) is 6.46. The molecule has 0 saturated carbocycles. The molecule has 1 atom stereocenters. The van der Waals surface area contributed by atoms with Crippen molar-refractivity contribution in [3.05, 3.63) is 24.2 Å². The van der Waals surface area contributed by atoms with Crippen LogP contribution in [0, 0.1) is 5.41 Å². The molecule has 0 aliphatic carbocycles. The highest BCUT2D eigenvalue weighted by atomic mass is 16.3. The summed E-state index contributed by atoms with van der Waals surface area (Å²) in [4.78, 5) is 0. The van der Waals surface area contributed by atoms with Gasteiger partial charge < -0.3 is 15.5 Å². The molecule has 3 N–H and O–H groups in total. The molecule has 0 spiro atoms. The maximum absolute atomic E-state index is 6.08. The molecule has 0 aliphatic rings. The van der Waals surface area contributed by atoms with E-state index in [1.165, 1.54) is 0 Å². The van der Waals surface area contributed by atoms with Gasteiger partial charge in [-0.3, -0.25) is 0 Å². The fraction of sp³-hybridized carbons (Fsp3) is 0.714. The van der Waals surface area contributed by atoms with E-state index in [0.29, 0.717) is 11.5 Å². The smallest absolute Gasteiger partial charge is 0.105 e. The highest BCUT2D eigenvalue weighted by Gasteiger charge is 2.14. The summed E-state index contributed by atoms with van der Waals surface area (Å²) in [5.41, 5.74) is 6.41. The van der Waals surface area contributed by atoms with Gasteiger partial charge in [-0.15, -0.1) is 0 Å². The van der Waals surface area contributed by atoms with Crippen LogP contribution in [-0.4, -0.2) is 19.1 Å². The van der Waals surface area contributed by atoms with Gasteiger partial charge in [-0.25, -0.2) is 0 Å². The summed E-state index contributed by atoms with van der Waals surface area (Å²) in [5, 5.41) is 3.40. The van der Waals surface area contributed by atoms with Crippen molar-refractivity contribution >= 4 is 0 Å². The van der Waals surface area contributed by atoms with Crippen LogP contribution in [0.3, 0.4) is 0 Å². The quantitative estimate of drug-likeness (QED) is 0.718. The van der Waals surface area contributed by atoms with Gasteiger partial charge in [0.25, 0.3) is 0 Å². The Bertz CT molecular complexity index is 288. The fourth-order valence-electron chi connectivity index (χ4n) is 1.97. The predicted octanol–water partition coefficient (Wildman–Crippen LogP) is 2.57. The molecule has 0 saturated heterocycles.